The first-order valence-corrected chi connectivity index (χ1v) is 6.84. The molecule has 0 aromatic heterocycles. The molecule has 0 spiro atoms. The first kappa shape index (κ1) is 9.35. The number of esters is 1. The van der Waals surface area contributed by atoms with Gasteiger partial charge in [-0.3, -0.25) is 0 Å². The molecule has 0 radical (unpaired) electrons. The molecule has 3 nitrogen and oxygen atoms in total. The topological polar surface area (TPSA) is 50.1 Å². The zero-order chi connectivity index (χ0) is 8.15. The van der Waals surface area contributed by atoms with Crippen molar-refractivity contribution in [2.75, 3.05) is 7.11 Å². The molecule has 10 heavy (non-hydrogen) atoms. The van der Waals surface area contributed by atoms with Crippen molar-refractivity contribution in [3.05, 3.63) is 0 Å². The van der Waals surface area contributed by atoms with Gasteiger partial charge in [0.15, 0.2) is 0 Å². The molecule has 0 aliphatic rings. The molecular weight excluding hydrogens is 197 g/mol. The second kappa shape index (κ2) is 4.21. The van der Waals surface area contributed by atoms with E-state index in [4.69, 9.17) is 5.26 Å². The van der Waals surface area contributed by atoms with Crippen LogP contribution in [0.2, 0.25) is 11.6 Å². The molecule has 0 fully saturated rings. The van der Waals surface area contributed by atoms with Gasteiger partial charge in [-0.15, -0.1) is 0 Å². The molecule has 0 bridgehead atoms. The summed E-state index contributed by atoms with van der Waals surface area (Å²) in [5.74, 6) is 3.32. The standard InChI is InChI=1S/C6H9NO2Se/c1-9-6(8)5(4-7)10(2)3/h1-3H3. The summed E-state index contributed by atoms with van der Waals surface area (Å²) in [5.41, 5.74) is 0. The van der Waals surface area contributed by atoms with E-state index in [9.17, 15) is 4.79 Å². The Labute approximate surface area is 64.0 Å². The number of hydrogen-bond acceptors (Lipinski definition) is 3. The molecule has 0 heterocycles. The maximum atomic E-state index is 10.7. The molecule has 0 aromatic carbocycles. The van der Waals surface area contributed by atoms with Gasteiger partial charge in [-0.05, 0) is 0 Å². The Morgan fingerprint density at radius 1 is 1.60 bits per heavy atom. The average Bonchev–Trinajstić information content (AvgIpc) is 1.88. The van der Waals surface area contributed by atoms with Gasteiger partial charge in [-0.2, -0.15) is 0 Å². The second-order valence-corrected chi connectivity index (χ2v) is 6.03. The number of rotatable bonds is 1. The number of ether oxygens (including phenoxy) is 1. The van der Waals surface area contributed by atoms with Crippen molar-refractivity contribution in [1.29, 1.82) is 5.26 Å². The Morgan fingerprint density at radius 2 is 2.10 bits per heavy atom. The van der Waals surface area contributed by atoms with Gasteiger partial charge < -0.3 is 0 Å². The Bertz CT molecular complexity index is 210. The number of nitrogens with zero attached hydrogens (tertiary/aromatic N) is 1. The number of carbonyl (C=O) groups is 1. The third-order valence-corrected chi connectivity index (χ3v) is 3.13. The first-order valence-electron chi connectivity index (χ1n) is 2.56. The van der Waals surface area contributed by atoms with Gasteiger partial charge in [-0.1, -0.05) is 0 Å². The van der Waals surface area contributed by atoms with Gasteiger partial charge in [0, 0.05) is 0 Å². The van der Waals surface area contributed by atoms with Crippen LogP contribution in [0.25, 0.3) is 0 Å². The molecule has 0 saturated carbocycles. The summed E-state index contributed by atoms with van der Waals surface area (Å²) in [7, 11) is 1.29. The zero-order valence-corrected chi connectivity index (χ0v) is 7.89. The van der Waals surface area contributed by atoms with Crippen LogP contribution in [0.15, 0.2) is 0 Å². The van der Waals surface area contributed by atoms with Crippen LogP contribution in [0.1, 0.15) is 0 Å². The van der Waals surface area contributed by atoms with Crippen LogP contribution in [-0.4, -0.2) is 31.0 Å². The van der Waals surface area contributed by atoms with E-state index in [1.54, 1.807) is 0 Å². The average molecular weight is 206 g/mol. The minimum absolute atomic E-state index is 0.294. The number of nitriles is 1. The van der Waals surface area contributed by atoms with E-state index >= 15 is 0 Å². The van der Waals surface area contributed by atoms with Gasteiger partial charge in [0.1, 0.15) is 0 Å². The van der Waals surface area contributed by atoms with Crippen molar-refractivity contribution in [3.63, 3.8) is 0 Å². The van der Waals surface area contributed by atoms with E-state index in [2.05, 4.69) is 4.74 Å². The van der Waals surface area contributed by atoms with Gasteiger partial charge in [0.25, 0.3) is 0 Å². The summed E-state index contributed by atoms with van der Waals surface area (Å²) in [6.45, 7) is 0. The van der Waals surface area contributed by atoms with Gasteiger partial charge in [0.05, 0.1) is 0 Å². The van der Waals surface area contributed by atoms with Crippen LogP contribution in [-0.2, 0) is 9.53 Å². The van der Waals surface area contributed by atoms with Crippen molar-refractivity contribution in [2.24, 2.45) is 0 Å². The van der Waals surface area contributed by atoms with Crippen LogP contribution in [0.3, 0.4) is 0 Å². The van der Waals surface area contributed by atoms with Gasteiger partial charge >= 0.3 is 63.5 Å². The summed E-state index contributed by atoms with van der Waals surface area (Å²) in [5, 5.41) is 8.44. The predicted molar refractivity (Wildman–Crippen MR) is 40.1 cm³/mol. The van der Waals surface area contributed by atoms with Crippen molar-refractivity contribution < 1.29 is 9.53 Å². The molecule has 0 unspecified atom stereocenters. The summed E-state index contributed by atoms with van der Waals surface area (Å²) in [4.78, 5) is 10.7. The van der Waals surface area contributed by atoms with E-state index < -0.39 is 19.4 Å². The molecular formula is C6H9NO2Se. The summed E-state index contributed by atoms with van der Waals surface area (Å²) in [6, 6.07) is 1.85. The Morgan fingerprint density at radius 3 is 2.20 bits per heavy atom. The third-order valence-electron chi connectivity index (χ3n) is 0.881. The predicted octanol–water partition coefficient (Wildman–Crippen LogP) is 0.191. The summed E-state index contributed by atoms with van der Waals surface area (Å²) in [6.07, 6.45) is 0. The van der Waals surface area contributed by atoms with Crippen LogP contribution in [0, 0.1) is 11.3 Å². The fourth-order valence-electron chi connectivity index (χ4n) is 0.396. The Hall–Kier alpha value is -0.651. The molecule has 56 valence electrons. The van der Waals surface area contributed by atoms with Crippen molar-refractivity contribution >= 4 is 23.9 Å². The van der Waals surface area contributed by atoms with Crippen LogP contribution >= 0.6 is 0 Å². The minimum atomic E-state index is -1.16. The number of carbonyl (C=O) groups excluding carboxylic acids is 1. The molecule has 0 rings (SSSR count). The molecule has 0 aliphatic heterocycles. The third kappa shape index (κ3) is 2.30. The van der Waals surface area contributed by atoms with Crippen molar-refractivity contribution in [1.82, 2.24) is 0 Å². The van der Waals surface area contributed by atoms with Crippen molar-refractivity contribution in [3.8, 4) is 6.07 Å². The molecule has 0 atom stereocenters. The van der Waals surface area contributed by atoms with Crippen LogP contribution < -0.4 is 0 Å². The molecule has 0 amide bonds. The zero-order valence-electron chi connectivity index (χ0n) is 6.17. The quantitative estimate of drug-likeness (QED) is 0.454. The first-order chi connectivity index (χ1) is 4.63. The summed E-state index contributed by atoms with van der Waals surface area (Å²) >= 11 is -1.16. The van der Waals surface area contributed by atoms with Crippen LogP contribution in [0.5, 0.6) is 0 Å². The van der Waals surface area contributed by atoms with E-state index in [0.29, 0.717) is 4.42 Å². The fourth-order valence-corrected chi connectivity index (χ4v) is 1.65. The monoisotopic (exact) mass is 207 g/mol. The maximum absolute atomic E-state index is 10.7. The number of hydrogen-bond donors (Lipinski definition) is 0. The SMILES string of the molecule is COC(=O)C(C#N)=[Se](C)C. The number of methoxy groups -OCH3 is 1. The van der Waals surface area contributed by atoms with E-state index in [-0.39, 0.29) is 0 Å². The Kier molecular flexibility index (Phi) is 3.94. The van der Waals surface area contributed by atoms with E-state index in [1.807, 2.05) is 17.7 Å². The van der Waals surface area contributed by atoms with E-state index in [0.717, 1.165) is 0 Å². The normalized spacial score (nSPS) is 8.70. The fraction of sp³-hybridized carbons (Fsp3) is 0.500. The van der Waals surface area contributed by atoms with Gasteiger partial charge in [-0.25, -0.2) is 0 Å². The Balaban J connectivity index is 4.59. The molecule has 4 heteroatoms. The van der Waals surface area contributed by atoms with Crippen LogP contribution in [0.4, 0.5) is 0 Å². The molecule has 0 aliphatic carbocycles. The van der Waals surface area contributed by atoms with Gasteiger partial charge in [0.2, 0.25) is 0 Å². The molecule has 0 saturated heterocycles. The van der Waals surface area contributed by atoms with E-state index in [1.165, 1.54) is 7.11 Å². The molecule has 0 aromatic rings. The summed E-state index contributed by atoms with van der Waals surface area (Å²) < 4.78 is 4.69. The molecule has 0 N–H and O–H groups in total. The second-order valence-electron chi connectivity index (χ2n) is 1.75. The van der Waals surface area contributed by atoms with Crippen molar-refractivity contribution in [2.45, 2.75) is 11.6 Å².